The van der Waals surface area contributed by atoms with Gasteiger partial charge in [0.05, 0.1) is 12.1 Å². The van der Waals surface area contributed by atoms with Crippen molar-refractivity contribution in [3.63, 3.8) is 0 Å². The van der Waals surface area contributed by atoms with Crippen LogP contribution in [0.25, 0.3) is 0 Å². The van der Waals surface area contributed by atoms with Crippen molar-refractivity contribution >= 4 is 40.4 Å². The first-order valence-corrected chi connectivity index (χ1v) is 5.68. The molecule has 0 saturated heterocycles. The third kappa shape index (κ3) is 3.24. The van der Waals surface area contributed by atoms with Crippen LogP contribution in [0.3, 0.4) is 0 Å². The molecule has 0 heterocycles. The number of halogens is 1. The second-order valence-corrected chi connectivity index (χ2v) is 4.69. The Kier molecular flexibility index (Phi) is 4.37. The average Bonchev–Trinajstić information content (AvgIpc) is 2.15. The predicted molar refractivity (Wildman–Crippen MR) is 67.5 cm³/mol. The molecule has 0 aliphatic rings. The number of carbonyl (C=O) groups is 2. The van der Waals surface area contributed by atoms with E-state index in [2.05, 4.69) is 28.6 Å². The summed E-state index contributed by atoms with van der Waals surface area (Å²) in [5, 5.41) is 0. The van der Waals surface area contributed by atoms with Crippen molar-refractivity contribution in [3.8, 4) is 0 Å². The van der Waals surface area contributed by atoms with E-state index in [0.29, 0.717) is 10.5 Å². The minimum absolute atomic E-state index is 0.109. The fraction of sp³-hybridized carbons (Fsp3) is 0.200. The van der Waals surface area contributed by atoms with E-state index in [1.807, 2.05) is 0 Å². The fourth-order valence-electron chi connectivity index (χ4n) is 1.20. The Hall–Kier alpha value is -1.01. The summed E-state index contributed by atoms with van der Waals surface area (Å²) >= 11 is 7.47. The average molecular weight is 303 g/mol. The van der Waals surface area contributed by atoms with E-state index < -0.39 is 5.91 Å². The fourth-order valence-corrected chi connectivity index (χ4v) is 2.04. The third-order valence-electron chi connectivity index (χ3n) is 1.93. The van der Waals surface area contributed by atoms with Crippen LogP contribution in [0.2, 0.25) is 0 Å². The minimum atomic E-state index is -0.548. The Morgan fingerprint density at radius 1 is 1.50 bits per heavy atom. The molecule has 4 nitrogen and oxygen atoms in total. The van der Waals surface area contributed by atoms with Gasteiger partial charge in [-0.15, -0.1) is 12.6 Å². The van der Waals surface area contributed by atoms with E-state index in [9.17, 15) is 9.59 Å². The highest BCUT2D eigenvalue weighted by atomic mass is 79.9. The lowest BCUT2D eigenvalue weighted by Crippen LogP contribution is -2.35. The van der Waals surface area contributed by atoms with E-state index in [1.165, 1.54) is 11.9 Å². The van der Waals surface area contributed by atoms with Crippen LogP contribution in [0.4, 0.5) is 0 Å². The first-order chi connectivity index (χ1) is 7.41. The highest BCUT2D eigenvalue weighted by molar-refractivity contribution is 9.10. The number of nitrogens with zero attached hydrogens (tertiary/aromatic N) is 1. The SMILES string of the molecule is CN(CC(N)=O)C(=O)c1ccc(Br)cc1S. The van der Waals surface area contributed by atoms with Crippen molar-refractivity contribution in [1.82, 2.24) is 4.90 Å². The largest absolute Gasteiger partial charge is 0.368 e. The zero-order valence-electron chi connectivity index (χ0n) is 8.61. The highest BCUT2D eigenvalue weighted by Crippen LogP contribution is 2.20. The van der Waals surface area contributed by atoms with Gasteiger partial charge in [-0.05, 0) is 18.2 Å². The topological polar surface area (TPSA) is 63.4 Å². The highest BCUT2D eigenvalue weighted by Gasteiger charge is 2.15. The standard InChI is InChI=1S/C10H11BrN2O2S/c1-13(5-9(12)14)10(15)7-3-2-6(11)4-8(7)16/h2-4,16H,5H2,1H3,(H2,12,14). The number of hydrogen-bond acceptors (Lipinski definition) is 3. The van der Waals surface area contributed by atoms with Gasteiger partial charge in [-0.2, -0.15) is 0 Å². The van der Waals surface area contributed by atoms with Gasteiger partial charge in [0.25, 0.3) is 5.91 Å². The lowest BCUT2D eigenvalue weighted by molar-refractivity contribution is -0.118. The van der Waals surface area contributed by atoms with Gasteiger partial charge in [0.15, 0.2) is 0 Å². The van der Waals surface area contributed by atoms with Gasteiger partial charge in [-0.3, -0.25) is 9.59 Å². The van der Waals surface area contributed by atoms with Crippen molar-refractivity contribution in [2.24, 2.45) is 5.73 Å². The molecule has 0 atom stereocenters. The lowest BCUT2D eigenvalue weighted by Gasteiger charge is -2.16. The van der Waals surface area contributed by atoms with E-state index >= 15 is 0 Å². The minimum Gasteiger partial charge on any atom is -0.368 e. The van der Waals surface area contributed by atoms with Crippen LogP contribution in [0, 0.1) is 0 Å². The molecule has 1 rings (SSSR count). The zero-order valence-corrected chi connectivity index (χ0v) is 11.1. The molecule has 0 fully saturated rings. The van der Waals surface area contributed by atoms with Gasteiger partial charge in [0.2, 0.25) is 5.91 Å². The van der Waals surface area contributed by atoms with Crippen LogP contribution in [0.15, 0.2) is 27.6 Å². The number of primary amides is 1. The van der Waals surface area contributed by atoms with Gasteiger partial charge in [-0.1, -0.05) is 15.9 Å². The van der Waals surface area contributed by atoms with Crippen molar-refractivity contribution in [1.29, 1.82) is 0 Å². The molecular weight excluding hydrogens is 292 g/mol. The molecule has 6 heteroatoms. The summed E-state index contributed by atoms with van der Waals surface area (Å²) in [5.41, 5.74) is 5.45. The van der Waals surface area contributed by atoms with Crippen LogP contribution in [-0.4, -0.2) is 30.3 Å². The Balaban J connectivity index is 2.92. The molecule has 0 saturated carbocycles. The van der Waals surface area contributed by atoms with Crippen LogP contribution in [0.5, 0.6) is 0 Å². The smallest absolute Gasteiger partial charge is 0.255 e. The summed E-state index contributed by atoms with van der Waals surface area (Å²) in [7, 11) is 1.52. The van der Waals surface area contributed by atoms with Crippen LogP contribution in [-0.2, 0) is 4.79 Å². The maximum absolute atomic E-state index is 11.9. The zero-order chi connectivity index (χ0) is 12.3. The molecule has 16 heavy (non-hydrogen) atoms. The number of rotatable bonds is 3. The van der Waals surface area contributed by atoms with E-state index in [4.69, 9.17) is 5.73 Å². The quantitative estimate of drug-likeness (QED) is 0.827. The molecule has 2 N–H and O–H groups in total. The molecule has 1 aromatic rings. The normalized spacial score (nSPS) is 9.94. The number of thiol groups is 1. The van der Waals surface area contributed by atoms with Gasteiger partial charge in [-0.25, -0.2) is 0 Å². The van der Waals surface area contributed by atoms with E-state index in [-0.39, 0.29) is 12.5 Å². The van der Waals surface area contributed by atoms with E-state index in [1.54, 1.807) is 18.2 Å². The maximum Gasteiger partial charge on any atom is 0.255 e. The summed E-state index contributed by atoms with van der Waals surface area (Å²) < 4.78 is 0.839. The number of likely N-dealkylation sites (N-methyl/N-ethyl adjacent to an activating group) is 1. The second-order valence-electron chi connectivity index (χ2n) is 3.29. The monoisotopic (exact) mass is 302 g/mol. The van der Waals surface area contributed by atoms with Crippen LogP contribution < -0.4 is 5.73 Å². The molecule has 0 unspecified atom stereocenters. The lowest BCUT2D eigenvalue weighted by atomic mass is 10.2. The van der Waals surface area contributed by atoms with Gasteiger partial charge in [0.1, 0.15) is 0 Å². The molecule has 86 valence electrons. The number of benzene rings is 1. The van der Waals surface area contributed by atoms with Gasteiger partial charge < -0.3 is 10.6 Å². The first kappa shape index (κ1) is 13.1. The van der Waals surface area contributed by atoms with Crippen molar-refractivity contribution < 1.29 is 9.59 Å². The molecule has 0 aromatic heterocycles. The number of amides is 2. The molecule has 2 amide bonds. The number of nitrogens with two attached hydrogens (primary N) is 1. The van der Waals surface area contributed by atoms with Crippen LogP contribution >= 0.6 is 28.6 Å². The molecule has 1 aromatic carbocycles. The molecule has 0 aliphatic heterocycles. The van der Waals surface area contributed by atoms with E-state index in [0.717, 1.165) is 4.47 Å². The van der Waals surface area contributed by atoms with Crippen molar-refractivity contribution in [3.05, 3.63) is 28.2 Å². The predicted octanol–water partition coefficient (Wildman–Crippen LogP) is 1.30. The van der Waals surface area contributed by atoms with Crippen LogP contribution in [0.1, 0.15) is 10.4 Å². The molecule has 0 spiro atoms. The Bertz CT molecular complexity index is 437. The van der Waals surface area contributed by atoms with Gasteiger partial charge >= 0.3 is 0 Å². The molecular formula is C10H11BrN2O2S. The molecule has 0 bridgehead atoms. The van der Waals surface area contributed by atoms with Gasteiger partial charge in [0, 0.05) is 16.4 Å². The Labute approximate surface area is 107 Å². The third-order valence-corrected chi connectivity index (χ3v) is 2.79. The second kappa shape index (κ2) is 5.36. The maximum atomic E-state index is 11.9. The van der Waals surface area contributed by atoms with Crippen molar-refractivity contribution in [2.75, 3.05) is 13.6 Å². The summed E-state index contributed by atoms with van der Waals surface area (Å²) in [5.74, 6) is -0.829. The number of carbonyl (C=O) groups excluding carboxylic acids is 2. The first-order valence-electron chi connectivity index (χ1n) is 4.44. The summed E-state index contributed by atoms with van der Waals surface area (Å²) in [6.45, 7) is -0.109. The molecule has 0 radical (unpaired) electrons. The molecule has 0 aliphatic carbocycles. The number of hydrogen-bond donors (Lipinski definition) is 2. The van der Waals surface area contributed by atoms with Crippen molar-refractivity contribution in [2.45, 2.75) is 4.90 Å². The Morgan fingerprint density at radius 2 is 2.12 bits per heavy atom. The summed E-state index contributed by atoms with van der Waals surface area (Å²) in [6, 6.07) is 5.10. The summed E-state index contributed by atoms with van der Waals surface area (Å²) in [4.78, 5) is 24.4. The Morgan fingerprint density at radius 3 is 2.62 bits per heavy atom. The summed E-state index contributed by atoms with van der Waals surface area (Å²) in [6.07, 6.45) is 0.